The van der Waals surface area contributed by atoms with Crippen molar-refractivity contribution in [2.45, 2.75) is 113 Å². The Balaban J connectivity index is 0.0000000986. The summed E-state index contributed by atoms with van der Waals surface area (Å²) in [6.45, 7) is 0. The largest absolute Gasteiger partial charge is 0.310 e. The lowest BCUT2D eigenvalue weighted by Gasteiger charge is -2.61. The molecule has 144 heavy (non-hydrogen) atoms. The second-order valence-electron chi connectivity index (χ2n) is 44.9. The number of hydrogen-bond donors (Lipinski definition) is 0. The van der Waals surface area contributed by atoms with Gasteiger partial charge in [-0.05, 0) is 413 Å². The first-order chi connectivity index (χ1) is 71.2. The van der Waals surface area contributed by atoms with E-state index in [4.69, 9.17) is 0 Å². The van der Waals surface area contributed by atoms with Crippen molar-refractivity contribution in [1.82, 2.24) is 0 Å². The van der Waals surface area contributed by atoms with E-state index >= 15 is 0 Å². The molecule has 18 aromatic carbocycles. The highest BCUT2D eigenvalue weighted by Gasteiger charge is 2.65. The lowest BCUT2D eigenvalue weighted by Crippen LogP contribution is -2.55. The number of fused-ring (bicyclic) bond motifs is 18. The molecule has 0 saturated heterocycles. The number of thiophene rings is 3. The fourth-order valence-electron chi connectivity index (χ4n) is 33.1. The molecular formula is C138H111N3S3. The summed E-state index contributed by atoms with van der Waals surface area (Å²) in [5.41, 5.74) is 37.5. The Morgan fingerprint density at radius 2 is 0.431 bits per heavy atom. The van der Waals surface area contributed by atoms with Gasteiger partial charge in [0.1, 0.15) is 0 Å². The molecule has 3 nitrogen and oxygen atoms in total. The molecule has 0 N–H and O–H groups in total. The minimum absolute atomic E-state index is 0.199. The second-order valence-corrected chi connectivity index (χ2v) is 48.1. The molecule has 15 aliphatic carbocycles. The topological polar surface area (TPSA) is 9.72 Å². The number of anilines is 9. The van der Waals surface area contributed by atoms with E-state index in [0.29, 0.717) is 0 Å². The van der Waals surface area contributed by atoms with Crippen molar-refractivity contribution in [1.29, 1.82) is 0 Å². The van der Waals surface area contributed by atoms with Gasteiger partial charge >= 0.3 is 0 Å². The fraction of sp³-hybridized carbons (Fsp3) is 0.217. The Kier molecular flexibility index (Phi) is 19.4. The predicted octanol–water partition coefficient (Wildman–Crippen LogP) is 38.7. The first-order valence-corrected chi connectivity index (χ1v) is 56.0. The Morgan fingerprint density at radius 1 is 0.160 bits per heavy atom. The molecule has 36 rings (SSSR count). The number of benzene rings is 18. The van der Waals surface area contributed by atoms with Crippen LogP contribution in [0.25, 0.3) is 127 Å². The van der Waals surface area contributed by atoms with E-state index in [1.807, 2.05) is 34.0 Å². The maximum atomic E-state index is 2.54. The van der Waals surface area contributed by atoms with Gasteiger partial charge in [0.15, 0.2) is 0 Å². The third-order valence-corrected chi connectivity index (χ3v) is 41.5. The summed E-state index contributed by atoms with van der Waals surface area (Å²) >= 11 is 5.66. The van der Waals surface area contributed by atoms with Gasteiger partial charge in [-0.1, -0.05) is 273 Å². The van der Waals surface area contributed by atoms with Crippen LogP contribution in [0.5, 0.6) is 0 Å². The normalized spacial score (nSPS) is 24.8. The van der Waals surface area contributed by atoms with Crippen molar-refractivity contribution in [2.75, 3.05) is 14.7 Å². The van der Waals surface area contributed by atoms with Gasteiger partial charge in [0.25, 0.3) is 0 Å². The van der Waals surface area contributed by atoms with Crippen LogP contribution in [0.2, 0.25) is 0 Å². The van der Waals surface area contributed by atoms with E-state index in [1.165, 1.54) is 275 Å². The van der Waals surface area contributed by atoms with Crippen LogP contribution < -0.4 is 14.7 Å². The lowest BCUT2D eigenvalue weighted by molar-refractivity contribution is -0.0399. The molecule has 21 aromatic rings. The van der Waals surface area contributed by atoms with Crippen molar-refractivity contribution in [2.24, 2.45) is 71.0 Å². The highest BCUT2D eigenvalue weighted by Crippen LogP contribution is 2.74. The molecule has 0 radical (unpaired) electrons. The number of hydrogen-bond acceptors (Lipinski definition) is 6. The molecule has 3 aromatic heterocycles. The summed E-state index contributed by atoms with van der Waals surface area (Å²) in [5.74, 6) is 10.4. The fourth-order valence-corrected chi connectivity index (χ4v) is 36.6. The second kappa shape index (κ2) is 33.0. The van der Waals surface area contributed by atoms with Crippen molar-refractivity contribution in [3.8, 4) is 66.8 Å². The molecule has 696 valence electrons. The lowest BCUT2D eigenvalue weighted by atomic mass is 9.43. The van der Waals surface area contributed by atoms with Gasteiger partial charge in [0.2, 0.25) is 0 Å². The molecule has 0 amide bonds. The van der Waals surface area contributed by atoms with Crippen LogP contribution in [0.1, 0.15) is 130 Å². The Morgan fingerprint density at radius 3 is 0.833 bits per heavy atom. The third-order valence-electron chi connectivity index (χ3n) is 37.9. The van der Waals surface area contributed by atoms with E-state index in [9.17, 15) is 0 Å². The highest BCUT2D eigenvalue weighted by molar-refractivity contribution is 7.27. The van der Waals surface area contributed by atoms with E-state index in [2.05, 4.69) is 433 Å². The van der Waals surface area contributed by atoms with Crippen molar-refractivity contribution in [3.05, 3.63) is 452 Å². The molecule has 12 bridgehead atoms. The zero-order valence-corrected chi connectivity index (χ0v) is 83.4. The molecule has 0 aliphatic heterocycles. The quantitative estimate of drug-likeness (QED) is 0.121. The van der Waals surface area contributed by atoms with Gasteiger partial charge in [0.05, 0.1) is 0 Å². The third kappa shape index (κ3) is 12.8. The molecule has 12 fully saturated rings. The summed E-state index contributed by atoms with van der Waals surface area (Å²) < 4.78 is 8.11. The summed E-state index contributed by atoms with van der Waals surface area (Å²) in [4.78, 5) is 7.35. The molecule has 15 aliphatic rings. The molecule has 3 spiro atoms. The van der Waals surface area contributed by atoms with Crippen LogP contribution >= 0.6 is 34.0 Å². The summed E-state index contributed by atoms with van der Waals surface area (Å²) in [5, 5.41) is 8.08. The number of nitrogens with zero attached hydrogens (tertiary/aromatic N) is 3. The maximum absolute atomic E-state index is 2.54. The average molecular weight is 1910 g/mol. The van der Waals surface area contributed by atoms with E-state index < -0.39 is 0 Å². The standard InChI is InChI=1S/3C46H37NS/c1-2-9-34(10-3-1)47(35-19-17-31(18-20-35)37-13-8-14-40-39-12-5-7-16-44(39)48-45(37)40)36-21-22-43-41(28-36)38-11-4-6-15-42(38)46(43)32-24-29-23-30(26-32)27-33(46)25-29;1-2-8-35(9-3-1)47(36-17-14-31(15-18-36)32-16-21-45-41(27-32)39-11-5-7-13-44(39)48-45)37-19-20-43-40(28-37)38-10-4-6-12-42(38)46(43)33-23-29-22-30(25-33)26-34(46)24-29;1-2-8-35(9-3-1)47(36-17-14-31(15-18-36)32-16-20-40-39-11-5-7-13-44(39)48-45(40)27-32)37-19-21-43-41(28-37)38-10-4-6-12-42(38)46(43)33-23-29-22-30(25-33)26-34(46)24-29/h1-22,28-30,32-33H,23-27H2;2*1-21,27-30,33-34H,22-26H2. The summed E-state index contributed by atoms with van der Waals surface area (Å²) in [6.07, 6.45) is 21.5. The van der Waals surface area contributed by atoms with Crippen LogP contribution in [-0.2, 0) is 16.2 Å². The van der Waals surface area contributed by atoms with Gasteiger partial charge in [-0.25, -0.2) is 0 Å². The van der Waals surface area contributed by atoms with Crippen molar-refractivity contribution in [3.63, 3.8) is 0 Å². The Labute approximate surface area is 855 Å². The van der Waals surface area contributed by atoms with Crippen molar-refractivity contribution >= 4 is 146 Å². The first kappa shape index (κ1) is 84.5. The minimum Gasteiger partial charge on any atom is -0.310 e. The summed E-state index contributed by atoms with van der Waals surface area (Å²) in [7, 11) is 0. The monoisotopic (exact) mass is 1910 g/mol. The molecular weight excluding hydrogens is 1800 g/mol. The minimum atomic E-state index is 0.199. The summed E-state index contributed by atoms with van der Waals surface area (Å²) in [6, 6.07) is 158. The smallest absolute Gasteiger partial charge is 0.0468 e. The van der Waals surface area contributed by atoms with Gasteiger partial charge in [-0.15, -0.1) is 34.0 Å². The van der Waals surface area contributed by atoms with Crippen LogP contribution in [0.3, 0.4) is 0 Å². The van der Waals surface area contributed by atoms with E-state index in [1.54, 1.807) is 33.4 Å². The van der Waals surface area contributed by atoms with Crippen molar-refractivity contribution < 1.29 is 0 Å². The first-order valence-electron chi connectivity index (χ1n) is 53.6. The molecule has 3 heterocycles. The highest BCUT2D eigenvalue weighted by atomic mass is 32.1. The Bertz CT molecular complexity index is 8600. The molecule has 0 atom stereocenters. The van der Waals surface area contributed by atoms with Crippen LogP contribution in [-0.4, -0.2) is 0 Å². The van der Waals surface area contributed by atoms with Crippen LogP contribution in [0, 0.1) is 71.0 Å². The molecule has 12 saturated carbocycles. The van der Waals surface area contributed by atoms with Gasteiger partial charge < -0.3 is 14.7 Å². The SMILES string of the molecule is c1ccc(N(c2ccc(-c3ccc4c(c3)sc3ccccc34)cc2)c2ccc3c(c2)-c2ccccc2C32C3CC4CC(C3)CC2C4)cc1.c1ccc(N(c2ccc(-c3ccc4sc5ccccc5c4c3)cc2)c2ccc3c(c2)-c2ccccc2C32C3CC4CC(C3)CC2C4)cc1.c1ccc(N(c2ccc(-c3cccc4c3sc3ccccc34)cc2)c2ccc3c(c2)-c2ccccc2C32C3CC4CC(C3)CC2C4)cc1. The maximum Gasteiger partial charge on any atom is 0.0468 e. The number of rotatable bonds is 12. The zero-order valence-electron chi connectivity index (χ0n) is 80.9. The molecule has 6 heteroatoms. The van der Waals surface area contributed by atoms with Gasteiger partial charge in [-0.3, -0.25) is 0 Å². The van der Waals surface area contributed by atoms with Gasteiger partial charge in [0, 0.05) is 128 Å². The average Bonchev–Trinajstić information content (AvgIpc) is 1.51. The Hall–Kier alpha value is -14.0. The number of para-hydroxylation sites is 3. The zero-order chi connectivity index (χ0) is 94.2. The van der Waals surface area contributed by atoms with E-state index in [-0.39, 0.29) is 16.2 Å². The van der Waals surface area contributed by atoms with Gasteiger partial charge in [-0.2, -0.15) is 0 Å². The molecule has 0 unspecified atom stereocenters. The van der Waals surface area contributed by atoms with Crippen LogP contribution in [0.4, 0.5) is 51.2 Å². The predicted molar refractivity (Wildman–Crippen MR) is 608 cm³/mol. The van der Waals surface area contributed by atoms with E-state index in [0.717, 1.165) is 71.0 Å². The van der Waals surface area contributed by atoms with Crippen LogP contribution in [0.15, 0.2) is 419 Å².